The van der Waals surface area contributed by atoms with Crippen molar-refractivity contribution in [3.05, 3.63) is 59.4 Å². The Kier molecular flexibility index (Phi) is 5.16. The summed E-state index contributed by atoms with van der Waals surface area (Å²) in [5.41, 5.74) is 3.84. The summed E-state index contributed by atoms with van der Waals surface area (Å²) in [6.45, 7) is 5.60. The SMILES string of the molecule is O=C(CCc1cccnc1)N1CC[NH+](Cc2ccc3c(c2)CCO3)CC1. The van der Waals surface area contributed by atoms with Crippen molar-refractivity contribution in [2.75, 3.05) is 32.8 Å². The number of pyridine rings is 1. The minimum Gasteiger partial charge on any atom is -0.493 e. The smallest absolute Gasteiger partial charge is 0.223 e. The van der Waals surface area contributed by atoms with Crippen LogP contribution in [0.3, 0.4) is 0 Å². The summed E-state index contributed by atoms with van der Waals surface area (Å²) in [6.07, 6.45) is 5.98. The van der Waals surface area contributed by atoms with Crippen LogP contribution in [0, 0.1) is 0 Å². The molecule has 1 aromatic heterocycles. The highest BCUT2D eigenvalue weighted by Gasteiger charge is 2.24. The van der Waals surface area contributed by atoms with Crippen LogP contribution in [0.1, 0.15) is 23.1 Å². The van der Waals surface area contributed by atoms with Gasteiger partial charge in [0.2, 0.25) is 5.91 Å². The second-order valence-electron chi connectivity index (χ2n) is 7.21. The van der Waals surface area contributed by atoms with Gasteiger partial charge in [0.05, 0.1) is 32.8 Å². The molecule has 1 N–H and O–H groups in total. The number of ether oxygens (including phenoxy) is 1. The van der Waals surface area contributed by atoms with Crippen LogP contribution in [0.4, 0.5) is 0 Å². The number of rotatable bonds is 5. The van der Waals surface area contributed by atoms with Gasteiger partial charge < -0.3 is 14.5 Å². The van der Waals surface area contributed by atoms with Crippen LogP contribution in [-0.2, 0) is 24.2 Å². The lowest BCUT2D eigenvalue weighted by Crippen LogP contribution is -3.13. The van der Waals surface area contributed by atoms with Crippen molar-refractivity contribution in [2.24, 2.45) is 0 Å². The molecule has 3 heterocycles. The lowest BCUT2D eigenvalue weighted by molar-refractivity contribution is -0.917. The molecule has 5 nitrogen and oxygen atoms in total. The quantitative estimate of drug-likeness (QED) is 0.869. The predicted molar refractivity (Wildman–Crippen MR) is 99.2 cm³/mol. The Bertz CT molecular complexity index is 755. The van der Waals surface area contributed by atoms with Gasteiger partial charge in [-0.2, -0.15) is 0 Å². The Labute approximate surface area is 154 Å². The van der Waals surface area contributed by atoms with Gasteiger partial charge in [0, 0.05) is 30.8 Å². The molecule has 2 aromatic rings. The minimum absolute atomic E-state index is 0.266. The fraction of sp³-hybridized carbons (Fsp3) is 0.429. The molecule has 1 fully saturated rings. The van der Waals surface area contributed by atoms with E-state index in [1.54, 1.807) is 11.1 Å². The lowest BCUT2D eigenvalue weighted by atomic mass is 10.1. The van der Waals surface area contributed by atoms with Gasteiger partial charge in [-0.25, -0.2) is 0 Å². The van der Waals surface area contributed by atoms with Gasteiger partial charge in [-0.15, -0.1) is 0 Å². The molecule has 0 spiro atoms. The van der Waals surface area contributed by atoms with Crippen LogP contribution in [0.25, 0.3) is 0 Å². The van der Waals surface area contributed by atoms with E-state index in [9.17, 15) is 4.79 Å². The second-order valence-corrected chi connectivity index (χ2v) is 7.21. The third-order valence-corrected chi connectivity index (χ3v) is 5.38. The van der Waals surface area contributed by atoms with Crippen LogP contribution in [0.5, 0.6) is 5.75 Å². The second kappa shape index (κ2) is 7.87. The highest BCUT2D eigenvalue weighted by atomic mass is 16.5. The molecule has 2 aliphatic rings. The summed E-state index contributed by atoms with van der Waals surface area (Å²) in [6, 6.07) is 10.5. The molecule has 1 saturated heterocycles. The summed E-state index contributed by atoms with van der Waals surface area (Å²) < 4.78 is 5.58. The van der Waals surface area contributed by atoms with Gasteiger partial charge in [-0.3, -0.25) is 9.78 Å². The van der Waals surface area contributed by atoms with Crippen LogP contribution in [0.2, 0.25) is 0 Å². The van der Waals surface area contributed by atoms with Crippen molar-refractivity contribution in [1.29, 1.82) is 0 Å². The Morgan fingerprint density at radius 3 is 2.88 bits per heavy atom. The molecule has 0 atom stereocenters. The molecule has 0 saturated carbocycles. The molecular weight excluding hydrogens is 326 g/mol. The van der Waals surface area contributed by atoms with E-state index < -0.39 is 0 Å². The van der Waals surface area contributed by atoms with Gasteiger partial charge in [-0.1, -0.05) is 6.07 Å². The van der Waals surface area contributed by atoms with E-state index in [4.69, 9.17) is 4.74 Å². The van der Waals surface area contributed by atoms with Crippen LogP contribution in [0.15, 0.2) is 42.7 Å². The van der Waals surface area contributed by atoms with Crippen LogP contribution < -0.4 is 9.64 Å². The first kappa shape index (κ1) is 17.0. The van der Waals surface area contributed by atoms with Crippen LogP contribution in [-0.4, -0.2) is 48.6 Å². The Morgan fingerprint density at radius 2 is 2.08 bits per heavy atom. The summed E-state index contributed by atoms with van der Waals surface area (Å²) in [5.74, 6) is 1.32. The maximum absolute atomic E-state index is 12.4. The topological polar surface area (TPSA) is 46.9 Å². The number of quaternary nitrogens is 1. The lowest BCUT2D eigenvalue weighted by Gasteiger charge is -2.32. The Hall–Kier alpha value is -2.40. The first-order valence-electron chi connectivity index (χ1n) is 9.53. The molecule has 1 aromatic carbocycles. The summed E-state index contributed by atoms with van der Waals surface area (Å²) >= 11 is 0. The molecule has 136 valence electrons. The van der Waals surface area contributed by atoms with Gasteiger partial charge in [0.25, 0.3) is 0 Å². The number of aryl methyl sites for hydroxylation is 1. The highest BCUT2D eigenvalue weighted by molar-refractivity contribution is 5.76. The van der Waals surface area contributed by atoms with E-state index in [-0.39, 0.29) is 5.91 Å². The van der Waals surface area contributed by atoms with E-state index in [2.05, 4.69) is 23.2 Å². The highest BCUT2D eigenvalue weighted by Crippen LogP contribution is 2.25. The molecule has 5 heteroatoms. The molecule has 26 heavy (non-hydrogen) atoms. The zero-order valence-electron chi connectivity index (χ0n) is 15.1. The van der Waals surface area contributed by atoms with Crippen molar-refractivity contribution in [3.8, 4) is 5.75 Å². The average Bonchev–Trinajstić information content (AvgIpc) is 3.15. The van der Waals surface area contributed by atoms with Crippen LogP contribution >= 0.6 is 0 Å². The number of piperazine rings is 1. The standard InChI is InChI=1S/C21H25N3O2/c25-21(6-4-17-2-1-8-22-15-17)24-11-9-23(10-12-24)16-18-3-5-20-19(14-18)7-13-26-20/h1-3,5,8,14-15H,4,6-7,9-13,16H2/p+1. The number of aromatic nitrogens is 1. The van der Waals surface area contributed by atoms with Crippen molar-refractivity contribution in [3.63, 3.8) is 0 Å². The fourth-order valence-corrected chi connectivity index (χ4v) is 3.84. The number of fused-ring (bicyclic) bond motifs is 1. The Morgan fingerprint density at radius 1 is 1.19 bits per heavy atom. The summed E-state index contributed by atoms with van der Waals surface area (Å²) in [5, 5.41) is 0. The van der Waals surface area contributed by atoms with E-state index in [1.807, 2.05) is 23.2 Å². The molecule has 0 radical (unpaired) electrons. The predicted octanol–water partition coefficient (Wildman–Crippen LogP) is 0.876. The van der Waals surface area contributed by atoms with E-state index in [1.165, 1.54) is 11.1 Å². The normalized spacial score (nSPS) is 17.0. The van der Waals surface area contributed by atoms with Crippen molar-refractivity contribution in [1.82, 2.24) is 9.88 Å². The molecule has 0 unspecified atom stereocenters. The summed E-state index contributed by atoms with van der Waals surface area (Å²) in [7, 11) is 0. The van der Waals surface area contributed by atoms with Crippen molar-refractivity contribution < 1.29 is 14.4 Å². The minimum atomic E-state index is 0.266. The first-order chi connectivity index (χ1) is 12.8. The molecule has 0 aliphatic carbocycles. The zero-order chi connectivity index (χ0) is 17.8. The van der Waals surface area contributed by atoms with Gasteiger partial charge >= 0.3 is 0 Å². The zero-order valence-corrected chi connectivity index (χ0v) is 15.1. The average molecular weight is 352 g/mol. The number of nitrogens with one attached hydrogen (secondary N) is 1. The maximum atomic E-state index is 12.4. The molecule has 2 aliphatic heterocycles. The number of benzene rings is 1. The summed E-state index contributed by atoms with van der Waals surface area (Å²) in [4.78, 5) is 20.1. The molecule has 1 amide bonds. The van der Waals surface area contributed by atoms with E-state index in [0.29, 0.717) is 6.42 Å². The largest absolute Gasteiger partial charge is 0.493 e. The number of hydrogen-bond donors (Lipinski definition) is 1. The molecular formula is C21H26N3O2+. The Balaban J connectivity index is 1.24. The number of nitrogens with zero attached hydrogens (tertiary/aromatic N) is 2. The van der Waals surface area contributed by atoms with Crippen molar-refractivity contribution >= 4 is 5.91 Å². The monoisotopic (exact) mass is 352 g/mol. The third-order valence-electron chi connectivity index (χ3n) is 5.38. The van der Waals surface area contributed by atoms with Crippen molar-refractivity contribution in [2.45, 2.75) is 25.8 Å². The van der Waals surface area contributed by atoms with E-state index in [0.717, 1.165) is 63.5 Å². The maximum Gasteiger partial charge on any atom is 0.223 e. The van der Waals surface area contributed by atoms with E-state index >= 15 is 0 Å². The molecule has 4 rings (SSSR count). The number of carbonyl (C=O) groups is 1. The number of hydrogen-bond acceptors (Lipinski definition) is 3. The number of carbonyl (C=O) groups excluding carboxylic acids is 1. The molecule has 0 bridgehead atoms. The van der Waals surface area contributed by atoms with Gasteiger partial charge in [-0.05, 0) is 41.8 Å². The fourth-order valence-electron chi connectivity index (χ4n) is 3.84. The third kappa shape index (κ3) is 4.05. The number of amides is 1. The first-order valence-corrected chi connectivity index (χ1v) is 9.53. The van der Waals surface area contributed by atoms with Gasteiger partial charge in [0.1, 0.15) is 12.3 Å². The van der Waals surface area contributed by atoms with Gasteiger partial charge in [0.15, 0.2) is 0 Å².